The quantitative estimate of drug-likeness (QED) is 0.439. The molecule has 11 heteroatoms. The standard InChI is InChI=1S/C26H28FN7O3/c1-15-14-36-9-8-33(15)24-11-18(19(12-28)25(31-24)30-23-6-7-29-32-23)16-2-4-21(20(27)10-16)34-13-17-3-5-22(37-17)26(34)35/h2,4,6-7,10-12,15,17,22,28H,3,5,8-9,13-14H2,1H3,(H2,29,30,31,32)/t15-,17?,22?/m1/s1. The van der Waals surface area contributed by atoms with Crippen LogP contribution in [-0.2, 0) is 14.3 Å². The summed E-state index contributed by atoms with van der Waals surface area (Å²) < 4.78 is 26.8. The maximum Gasteiger partial charge on any atom is 0.256 e. The molecule has 2 bridgehead atoms. The van der Waals surface area contributed by atoms with E-state index in [1.807, 2.05) is 6.07 Å². The summed E-state index contributed by atoms with van der Waals surface area (Å²) in [6.45, 7) is 4.23. The summed E-state index contributed by atoms with van der Waals surface area (Å²) in [6.07, 6.45) is 3.77. The normalized spacial score (nSPS) is 23.4. The van der Waals surface area contributed by atoms with Gasteiger partial charge in [-0.15, -0.1) is 0 Å². The molecule has 0 spiro atoms. The average Bonchev–Trinajstić information content (AvgIpc) is 3.56. The third kappa shape index (κ3) is 4.34. The van der Waals surface area contributed by atoms with Gasteiger partial charge < -0.3 is 30.0 Å². The van der Waals surface area contributed by atoms with Gasteiger partial charge in [-0.2, -0.15) is 5.10 Å². The smallest absolute Gasteiger partial charge is 0.256 e. The molecule has 3 aromatic rings. The fourth-order valence-corrected chi connectivity index (χ4v) is 5.29. The maximum atomic E-state index is 15.6. The van der Waals surface area contributed by atoms with E-state index in [1.54, 1.807) is 24.4 Å². The molecule has 2 aromatic heterocycles. The van der Waals surface area contributed by atoms with Crippen LogP contribution in [0.4, 0.5) is 27.5 Å². The fraction of sp³-hybridized carbons (Fsp3) is 0.385. The molecule has 3 N–H and O–H groups in total. The fourth-order valence-electron chi connectivity index (χ4n) is 5.29. The van der Waals surface area contributed by atoms with Crippen LogP contribution < -0.4 is 15.1 Å². The average molecular weight is 506 g/mol. The number of amides is 1. The van der Waals surface area contributed by atoms with Gasteiger partial charge in [-0.25, -0.2) is 9.37 Å². The topological polar surface area (TPSA) is 119 Å². The van der Waals surface area contributed by atoms with Gasteiger partial charge in [-0.3, -0.25) is 9.89 Å². The molecule has 1 amide bonds. The maximum absolute atomic E-state index is 15.6. The van der Waals surface area contributed by atoms with Gasteiger partial charge in [0.2, 0.25) is 0 Å². The predicted octanol–water partition coefficient (Wildman–Crippen LogP) is 3.47. The molecule has 0 aliphatic carbocycles. The third-order valence-corrected chi connectivity index (χ3v) is 7.19. The van der Waals surface area contributed by atoms with Crippen molar-refractivity contribution in [3.8, 4) is 11.1 Å². The molecule has 3 fully saturated rings. The van der Waals surface area contributed by atoms with Crippen molar-refractivity contribution in [1.29, 1.82) is 5.41 Å². The van der Waals surface area contributed by atoms with Gasteiger partial charge in [0.15, 0.2) is 0 Å². The molecule has 3 saturated heterocycles. The Morgan fingerprint density at radius 2 is 2.16 bits per heavy atom. The zero-order chi connectivity index (χ0) is 25.5. The molecular weight excluding hydrogens is 477 g/mol. The summed E-state index contributed by atoms with van der Waals surface area (Å²) in [4.78, 5) is 21.3. The van der Waals surface area contributed by atoms with Crippen LogP contribution in [0, 0.1) is 11.2 Å². The number of halogens is 1. The number of H-pyrrole nitrogens is 1. The number of aromatic amines is 1. The second kappa shape index (κ2) is 9.56. The lowest BCUT2D eigenvalue weighted by atomic mass is 9.99. The van der Waals surface area contributed by atoms with E-state index in [9.17, 15) is 4.79 Å². The number of nitrogens with zero attached hydrogens (tertiary/aromatic N) is 4. The lowest BCUT2D eigenvalue weighted by Crippen LogP contribution is -2.48. The number of rotatable bonds is 6. The van der Waals surface area contributed by atoms with Crippen molar-refractivity contribution in [1.82, 2.24) is 15.2 Å². The highest BCUT2D eigenvalue weighted by atomic mass is 19.1. The highest BCUT2D eigenvalue weighted by Gasteiger charge is 2.41. The molecule has 2 unspecified atom stereocenters. The minimum absolute atomic E-state index is 0.0549. The first-order chi connectivity index (χ1) is 18.0. The highest BCUT2D eigenvalue weighted by Crippen LogP contribution is 2.37. The van der Waals surface area contributed by atoms with Gasteiger partial charge in [0, 0.05) is 24.4 Å². The van der Waals surface area contributed by atoms with Crippen LogP contribution >= 0.6 is 0 Å². The number of carbonyl (C=O) groups excluding carboxylic acids is 1. The van der Waals surface area contributed by atoms with Crippen LogP contribution in [0.1, 0.15) is 25.3 Å². The summed E-state index contributed by atoms with van der Waals surface area (Å²) in [5.74, 6) is 1.08. The number of anilines is 4. The van der Waals surface area contributed by atoms with E-state index in [-0.39, 0.29) is 23.7 Å². The first-order valence-corrected chi connectivity index (χ1v) is 12.4. The van der Waals surface area contributed by atoms with Crippen molar-refractivity contribution in [2.24, 2.45) is 0 Å². The zero-order valence-electron chi connectivity index (χ0n) is 20.4. The Kier molecular flexibility index (Phi) is 6.09. The molecule has 3 atom stereocenters. The van der Waals surface area contributed by atoms with E-state index < -0.39 is 11.9 Å². The Balaban J connectivity index is 1.42. The van der Waals surface area contributed by atoms with Crippen molar-refractivity contribution in [2.75, 3.05) is 41.4 Å². The van der Waals surface area contributed by atoms with Crippen LogP contribution in [0.3, 0.4) is 0 Å². The predicted molar refractivity (Wildman–Crippen MR) is 137 cm³/mol. The lowest BCUT2D eigenvalue weighted by Gasteiger charge is -2.35. The van der Waals surface area contributed by atoms with Gasteiger partial charge in [0.05, 0.1) is 43.8 Å². The summed E-state index contributed by atoms with van der Waals surface area (Å²) in [6, 6.07) is 8.60. The number of morpholine rings is 2. The molecule has 0 saturated carbocycles. The molecule has 3 aliphatic heterocycles. The van der Waals surface area contributed by atoms with Crippen LogP contribution in [0.25, 0.3) is 11.1 Å². The number of hydrogen-bond donors (Lipinski definition) is 3. The molecule has 6 rings (SSSR count). The number of hydrogen-bond acceptors (Lipinski definition) is 8. The Morgan fingerprint density at radius 1 is 1.27 bits per heavy atom. The Hall–Kier alpha value is -3.83. The van der Waals surface area contributed by atoms with Gasteiger partial charge in [0.1, 0.15) is 29.4 Å². The van der Waals surface area contributed by atoms with Gasteiger partial charge >= 0.3 is 0 Å². The first kappa shape index (κ1) is 23.6. The zero-order valence-corrected chi connectivity index (χ0v) is 20.4. The third-order valence-electron chi connectivity index (χ3n) is 7.19. The number of benzene rings is 1. The SMILES string of the molecule is C[C@@H]1COCCN1c1cc(-c2ccc(N3CC4CCC(O4)C3=O)c(F)c2)c(C=N)c(Nc2ccn[nH]2)n1. The van der Waals surface area contributed by atoms with Crippen molar-refractivity contribution in [3.05, 3.63) is 47.9 Å². The number of aromatic nitrogens is 3. The molecule has 10 nitrogen and oxygen atoms in total. The Bertz CT molecular complexity index is 1330. The minimum Gasteiger partial charge on any atom is -0.377 e. The minimum atomic E-state index is -0.496. The lowest BCUT2D eigenvalue weighted by molar-refractivity contribution is -0.133. The molecule has 5 heterocycles. The number of pyridine rings is 1. The Morgan fingerprint density at radius 3 is 2.92 bits per heavy atom. The molecule has 3 aliphatic rings. The van der Waals surface area contributed by atoms with Crippen molar-refractivity contribution >= 4 is 35.3 Å². The second-order valence-corrected chi connectivity index (χ2v) is 9.59. The van der Waals surface area contributed by atoms with E-state index in [1.165, 1.54) is 17.2 Å². The van der Waals surface area contributed by atoms with E-state index in [0.717, 1.165) is 6.42 Å². The van der Waals surface area contributed by atoms with Crippen LogP contribution in [0.2, 0.25) is 0 Å². The van der Waals surface area contributed by atoms with Gasteiger partial charge in [-0.05, 0) is 49.1 Å². The highest BCUT2D eigenvalue weighted by molar-refractivity contribution is 5.99. The Labute approximate surface area is 213 Å². The second-order valence-electron chi connectivity index (χ2n) is 9.59. The number of carbonyl (C=O) groups is 1. The first-order valence-electron chi connectivity index (χ1n) is 12.4. The van der Waals surface area contributed by atoms with Gasteiger partial charge in [-0.1, -0.05) is 6.07 Å². The molecular formula is C26H28FN7O3. The molecule has 192 valence electrons. The van der Waals surface area contributed by atoms with E-state index >= 15 is 4.39 Å². The summed E-state index contributed by atoms with van der Waals surface area (Å²) >= 11 is 0. The van der Waals surface area contributed by atoms with E-state index in [0.29, 0.717) is 66.9 Å². The van der Waals surface area contributed by atoms with Crippen molar-refractivity contribution in [3.63, 3.8) is 0 Å². The van der Waals surface area contributed by atoms with E-state index in [4.69, 9.17) is 19.9 Å². The molecule has 0 radical (unpaired) electrons. The van der Waals surface area contributed by atoms with Crippen LogP contribution in [0.15, 0.2) is 36.5 Å². The van der Waals surface area contributed by atoms with E-state index in [2.05, 4.69) is 27.3 Å². The monoisotopic (exact) mass is 505 g/mol. The largest absolute Gasteiger partial charge is 0.377 e. The van der Waals surface area contributed by atoms with Crippen molar-refractivity contribution < 1.29 is 18.7 Å². The summed E-state index contributed by atoms with van der Waals surface area (Å²) in [5, 5.41) is 18.2. The number of nitrogens with one attached hydrogen (secondary N) is 3. The number of fused-ring (bicyclic) bond motifs is 2. The molecule has 1 aromatic carbocycles. The summed E-state index contributed by atoms with van der Waals surface area (Å²) in [7, 11) is 0. The van der Waals surface area contributed by atoms with Crippen LogP contribution in [-0.4, -0.2) is 71.9 Å². The van der Waals surface area contributed by atoms with Crippen LogP contribution in [0.5, 0.6) is 0 Å². The summed E-state index contributed by atoms with van der Waals surface area (Å²) in [5.41, 5.74) is 1.99. The van der Waals surface area contributed by atoms with Gasteiger partial charge in [0.25, 0.3) is 5.91 Å². The molecule has 37 heavy (non-hydrogen) atoms. The van der Waals surface area contributed by atoms with Crippen molar-refractivity contribution in [2.45, 2.75) is 38.0 Å². The number of ether oxygens (including phenoxy) is 2.